The molecule has 1 aromatic heterocycles. The summed E-state index contributed by atoms with van der Waals surface area (Å²) in [6, 6.07) is 12.0. The van der Waals surface area contributed by atoms with Gasteiger partial charge in [0.2, 0.25) is 5.91 Å². The molecule has 1 aromatic carbocycles. The molecule has 0 unspecified atom stereocenters. The zero-order valence-corrected chi connectivity index (χ0v) is 11.1. The van der Waals surface area contributed by atoms with Crippen molar-refractivity contribution in [2.75, 3.05) is 0 Å². The number of hydrazone groups is 1. The summed E-state index contributed by atoms with van der Waals surface area (Å²) in [5.41, 5.74) is 5.97. The molecule has 5 nitrogen and oxygen atoms in total. The van der Waals surface area contributed by atoms with Crippen molar-refractivity contribution in [3.05, 3.63) is 59.2 Å². The maximum Gasteiger partial charge on any atom is 0.246 e. The monoisotopic (exact) mass is 266 g/mol. The van der Waals surface area contributed by atoms with Crippen LogP contribution >= 0.6 is 0 Å². The van der Waals surface area contributed by atoms with Crippen molar-refractivity contribution >= 4 is 11.6 Å². The highest BCUT2D eigenvalue weighted by Crippen LogP contribution is 2.12. The number of carbonyl (C=O) groups is 1. The maximum atomic E-state index is 11.2. The Labute approximate surface area is 116 Å². The molecule has 2 heterocycles. The van der Waals surface area contributed by atoms with Crippen LogP contribution in [0.4, 0.5) is 0 Å². The zero-order chi connectivity index (χ0) is 13.9. The summed E-state index contributed by atoms with van der Waals surface area (Å²) in [6.45, 7) is 1.85. The lowest BCUT2D eigenvalue weighted by Gasteiger charge is -2.05. The van der Waals surface area contributed by atoms with Crippen molar-refractivity contribution in [2.24, 2.45) is 5.10 Å². The van der Waals surface area contributed by atoms with Gasteiger partial charge in [-0.25, -0.2) is 15.4 Å². The van der Waals surface area contributed by atoms with Gasteiger partial charge in [0.1, 0.15) is 5.82 Å². The molecule has 2 aromatic rings. The van der Waals surface area contributed by atoms with Crippen LogP contribution in [-0.2, 0) is 11.2 Å². The fraction of sp³-hybridized carbons (Fsp3) is 0.200. The van der Waals surface area contributed by atoms with Crippen molar-refractivity contribution in [3.8, 4) is 0 Å². The summed E-state index contributed by atoms with van der Waals surface area (Å²) in [6.07, 6.45) is 1.02. The van der Waals surface area contributed by atoms with E-state index in [4.69, 9.17) is 0 Å². The molecule has 1 aliphatic heterocycles. The van der Waals surface area contributed by atoms with Crippen LogP contribution in [0.2, 0.25) is 0 Å². The van der Waals surface area contributed by atoms with Crippen LogP contribution in [0.5, 0.6) is 0 Å². The summed E-state index contributed by atoms with van der Waals surface area (Å²) in [5, 5.41) is 4.00. The third-order valence-corrected chi connectivity index (χ3v) is 3.06. The van der Waals surface area contributed by atoms with Crippen molar-refractivity contribution in [1.29, 1.82) is 0 Å². The minimum Gasteiger partial charge on any atom is -0.273 e. The zero-order valence-electron chi connectivity index (χ0n) is 11.1. The standard InChI is InChI=1S/C15H14N4O/c1-10-16-12(7-11-5-3-2-4-6-11)8-13(17-10)14-9-15(20)19-18-14/h2-6,8H,7,9H2,1H3,(H,19,20). The van der Waals surface area contributed by atoms with Gasteiger partial charge in [0, 0.05) is 12.1 Å². The topological polar surface area (TPSA) is 67.2 Å². The van der Waals surface area contributed by atoms with Crippen LogP contribution in [0, 0.1) is 6.92 Å². The second kappa shape index (κ2) is 5.21. The summed E-state index contributed by atoms with van der Waals surface area (Å²) in [5.74, 6) is 0.594. The van der Waals surface area contributed by atoms with Gasteiger partial charge in [0.25, 0.3) is 0 Å². The molecule has 0 spiro atoms. The third kappa shape index (κ3) is 2.71. The lowest BCUT2D eigenvalue weighted by Crippen LogP contribution is -2.10. The van der Waals surface area contributed by atoms with E-state index < -0.39 is 0 Å². The van der Waals surface area contributed by atoms with Gasteiger partial charge in [0.15, 0.2) is 0 Å². The van der Waals surface area contributed by atoms with E-state index in [0.29, 0.717) is 11.5 Å². The van der Waals surface area contributed by atoms with E-state index in [2.05, 4.69) is 32.6 Å². The average molecular weight is 266 g/mol. The Morgan fingerprint density at radius 3 is 2.70 bits per heavy atom. The van der Waals surface area contributed by atoms with Gasteiger partial charge in [-0.3, -0.25) is 4.79 Å². The molecule has 1 amide bonds. The Morgan fingerprint density at radius 2 is 2.00 bits per heavy atom. The molecular weight excluding hydrogens is 252 g/mol. The number of nitrogens with zero attached hydrogens (tertiary/aromatic N) is 3. The molecule has 5 heteroatoms. The number of hydrogen-bond donors (Lipinski definition) is 1. The Kier molecular flexibility index (Phi) is 3.25. The molecule has 100 valence electrons. The second-order valence-electron chi connectivity index (χ2n) is 4.72. The van der Waals surface area contributed by atoms with Gasteiger partial charge in [0.05, 0.1) is 17.8 Å². The van der Waals surface area contributed by atoms with Gasteiger partial charge in [-0.1, -0.05) is 30.3 Å². The number of benzene rings is 1. The largest absolute Gasteiger partial charge is 0.273 e. The van der Waals surface area contributed by atoms with Crippen molar-refractivity contribution in [1.82, 2.24) is 15.4 Å². The molecule has 20 heavy (non-hydrogen) atoms. The molecule has 1 N–H and O–H groups in total. The van der Waals surface area contributed by atoms with Crippen LogP contribution in [0.15, 0.2) is 41.5 Å². The highest BCUT2D eigenvalue weighted by atomic mass is 16.2. The van der Waals surface area contributed by atoms with Gasteiger partial charge >= 0.3 is 0 Å². The van der Waals surface area contributed by atoms with Gasteiger partial charge in [-0.2, -0.15) is 5.10 Å². The predicted molar refractivity (Wildman–Crippen MR) is 75.3 cm³/mol. The quantitative estimate of drug-likeness (QED) is 0.917. The first-order valence-electron chi connectivity index (χ1n) is 6.45. The number of carbonyl (C=O) groups excluding carboxylic acids is 1. The first-order valence-corrected chi connectivity index (χ1v) is 6.45. The molecule has 3 rings (SSSR count). The second-order valence-corrected chi connectivity index (χ2v) is 4.72. The van der Waals surface area contributed by atoms with Crippen molar-refractivity contribution < 1.29 is 4.79 Å². The van der Waals surface area contributed by atoms with E-state index in [-0.39, 0.29) is 12.3 Å². The van der Waals surface area contributed by atoms with Crippen LogP contribution in [0.25, 0.3) is 0 Å². The number of aromatic nitrogens is 2. The average Bonchev–Trinajstić information content (AvgIpc) is 2.86. The maximum absolute atomic E-state index is 11.2. The predicted octanol–water partition coefficient (Wildman–Crippen LogP) is 1.60. The Bertz CT molecular complexity index is 680. The summed E-state index contributed by atoms with van der Waals surface area (Å²) < 4.78 is 0. The number of hydrogen-bond acceptors (Lipinski definition) is 4. The summed E-state index contributed by atoms with van der Waals surface area (Å²) in [4.78, 5) is 20.0. The molecule has 0 bridgehead atoms. The van der Waals surface area contributed by atoms with Crippen LogP contribution in [-0.4, -0.2) is 21.6 Å². The molecule has 0 atom stereocenters. The fourth-order valence-corrected chi connectivity index (χ4v) is 2.18. The molecule has 0 saturated carbocycles. The van der Waals surface area contributed by atoms with E-state index in [0.717, 1.165) is 17.8 Å². The lowest BCUT2D eigenvalue weighted by molar-refractivity contribution is -0.119. The minimum atomic E-state index is -0.0964. The lowest BCUT2D eigenvalue weighted by atomic mass is 10.1. The first kappa shape index (κ1) is 12.5. The molecule has 0 saturated heterocycles. The van der Waals surface area contributed by atoms with E-state index in [1.54, 1.807) is 0 Å². The summed E-state index contributed by atoms with van der Waals surface area (Å²) >= 11 is 0. The van der Waals surface area contributed by atoms with E-state index in [1.165, 1.54) is 5.56 Å². The highest BCUT2D eigenvalue weighted by Gasteiger charge is 2.18. The normalized spacial score (nSPS) is 14.1. The summed E-state index contributed by atoms with van der Waals surface area (Å²) in [7, 11) is 0. The highest BCUT2D eigenvalue weighted by molar-refractivity contribution is 6.12. The molecule has 0 radical (unpaired) electrons. The third-order valence-electron chi connectivity index (χ3n) is 3.06. The molecule has 0 aliphatic carbocycles. The molecule has 1 aliphatic rings. The van der Waals surface area contributed by atoms with Crippen LogP contribution < -0.4 is 5.43 Å². The Balaban J connectivity index is 1.89. The Morgan fingerprint density at radius 1 is 1.20 bits per heavy atom. The smallest absolute Gasteiger partial charge is 0.246 e. The minimum absolute atomic E-state index is 0.0964. The SMILES string of the molecule is Cc1nc(Cc2ccccc2)cc(C2=NNC(=O)C2)n1. The van der Waals surface area contributed by atoms with Gasteiger partial charge in [-0.05, 0) is 18.6 Å². The number of aryl methyl sites for hydroxylation is 1. The van der Waals surface area contributed by atoms with E-state index in [9.17, 15) is 4.79 Å². The Hall–Kier alpha value is -2.56. The van der Waals surface area contributed by atoms with Gasteiger partial charge in [-0.15, -0.1) is 0 Å². The number of amides is 1. The van der Waals surface area contributed by atoms with E-state index in [1.807, 2.05) is 31.2 Å². The molecular formula is C15H14N4O. The molecule has 0 fully saturated rings. The van der Waals surface area contributed by atoms with Gasteiger partial charge < -0.3 is 0 Å². The van der Waals surface area contributed by atoms with Crippen LogP contribution in [0.3, 0.4) is 0 Å². The van der Waals surface area contributed by atoms with Crippen molar-refractivity contribution in [3.63, 3.8) is 0 Å². The van der Waals surface area contributed by atoms with Crippen molar-refractivity contribution in [2.45, 2.75) is 19.8 Å². The number of nitrogens with one attached hydrogen (secondary N) is 1. The number of rotatable bonds is 3. The van der Waals surface area contributed by atoms with Crippen LogP contribution in [0.1, 0.15) is 29.2 Å². The fourth-order valence-electron chi connectivity index (χ4n) is 2.18. The first-order chi connectivity index (χ1) is 9.70. The van der Waals surface area contributed by atoms with E-state index >= 15 is 0 Å².